The summed E-state index contributed by atoms with van der Waals surface area (Å²) in [5.74, 6) is 0.816. The molecule has 1 aliphatic heterocycles. The van der Waals surface area contributed by atoms with Gasteiger partial charge in [-0.3, -0.25) is 4.90 Å². The highest BCUT2D eigenvalue weighted by molar-refractivity contribution is 9.10. The second-order valence-corrected chi connectivity index (χ2v) is 5.23. The van der Waals surface area contributed by atoms with Crippen molar-refractivity contribution in [3.05, 3.63) is 28.2 Å². The monoisotopic (exact) mass is 350 g/mol. The van der Waals surface area contributed by atoms with Crippen molar-refractivity contribution >= 4 is 28.3 Å². The van der Waals surface area contributed by atoms with Crippen LogP contribution in [-0.2, 0) is 0 Å². The van der Waals surface area contributed by atoms with Gasteiger partial charge in [-0.05, 0) is 33.6 Å². The zero-order valence-electron chi connectivity index (χ0n) is 10.9. The Labute approximate surface area is 128 Å². The zero-order chi connectivity index (χ0) is 13.0. The Morgan fingerprint density at radius 1 is 1.42 bits per heavy atom. The van der Waals surface area contributed by atoms with Crippen LogP contribution in [0, 0.1) is 0 Å². The molecule has 0 aromatic heterocycles. The minimum absolute atomic E-state index is 0. The van der Waals surface area contributed by atoms with Crippen LogP contribution in [0.4, 0.5) is 0 Å². The van der Waals surface area contributed by atoms with E-state index in [0.29, 0.717) is 0 Å². The van der Waals surface area contributed by atoms with E-state index in [2.05, 4.69) is 26.1 Å². The molecule has 19 heavy (non-hydrogen) atoms. The van der Waals surface area contributed by atoms with E-state index in [9.17, 15) is 5.11 Å². The molecule has 0 bridgehead atoms. The van der Waals surface area contributed by atoms with Crippen LogP contribution in [0.3, 0.4) is 0 Å². The molecule has 108 valence electrons. The van der Waals surface area contributed by atoms with Gasteiger partial charge in [0.25, 0.3) is 0 Å². The van der Waals surface area contributed by atoms with Crippen molar-refractivity contribution in [2.45, 2.75) is 6.04 Å². The van der Waals surface area contributed by atoms with Crippen LogP contribution in [0.1, 0.15) is 11.6 Å². The molecule has 0 unspecified atom stereocenters. The molecule has 0 aliphatic carbocycles. The van der Waals surface area contributed by atoms with E-state index in [1.54, 1.807) is 7.11 Å². The molecule has 1 aromatic rings. The van der Waals surface area contributed by atoms with Crippen LogP contribution in [0.25, 0.3) is 0 Å². The average molecular weight is 352 g/mol. The Morgan fingerprint density at radius 3 is 2.63 bits per heavy atom. The van der Waals surface area contributed by atoms with Crippen LogP contribution in [0.15, 0.2) is 22.7 Å². The standard InChI is InChI=1S/C13H19BrN2O2.ClH/c1-18-13-3-2-10(8-11(13)14)12(9-17)16-6-4-15-5-7-16;/h2-3,8,12,15,17H,4-7,9H2,1H3;1H/t12-;/m1./s1. The largest absolute Gasteiger partial charge is 0.496 e. The molecule has 1 fully saturated rings. The van der Waals surface area contributed by atoms with Gasteiger partial charge in [0, 0.05) is 26.2 Å². The molecule has 1 aliphatic rings. The Balaban J connectivity index is 0.00000180. The van der Waals surface area contributed by atoms with E-state index >= 15 is 0 Å². The minimum atomic E-state index is 0. The third kappa shape index (κ3) is 4.07. The number of nitrogens with one attached hydrogen (secondary N) is 1. The number of hydrogen-bond acceptors (Lipinski definition) is 4. The van der Waals surface area contributed by atoms with Gasteiger partial charge in [-0.1, -0.05) is 6.07 Å². The van der Waals surface area contributed by atoms with Crippen molar-refractivity contribution in [2.75, 3.05) is 39.9 Å². The van der Waals surface area contributed by atoms with Crippen LogP contribution in [0.5, 0.6) is 5.75 Å². The normalized spacial score (nSPS) is 17.6. The second kappa shape index (κ2) is 8.07. The van der Waals surface area contributed by atoms with Crippen molar-refractivity contribution < 1.29 is 9.84 Å². The first kappa shape index (κ1) is 16.7. The summed E-state index contributed by atoms with van der Waals surface area (Å²) in [7, 11) is 1.65. The predicted molar refractivity (Wildman–Crippen MR) is 82.2 cm³/mol. The summed E-state index contributed by atoms with van der Waals surface area (Å²) < 4.78 is 6.15. The molecule has 1 atom stereocenters. The van der Waals surface area contributed by atoms with E-state index in [-0.39, 0.29) is 25.1 Å². The van der Waals surface area contributed by atoms with Gasteiger partial charge in [0.1, 0.15) is 5.75 Å². The number of ether oxygens (including phenoxy) is 1. The lowest BCUT2D eigenvalue weighted by atomic mass is 10.1. The fourth-order valence-electron chi connectivity index (χ4n) is 2.32. The number of hydrogen-bond donors (Lipinski definition) is 2. The highest BCUT2D eigenvalue weighted by Gasteiger charge is 2.21. The van der Waals surface area contributed by atoms with E-state index < -0.39 is 0 Å². The summed E-state index contributed by atoms with van der Waals surface area (Å²) in [5.41, 5.74) is 1.12. The van der Waals surface area contributed by atoms with Crippen LogP contribution in [0.2, 0.25) is 0 Å². The lowest BCUT2D eigenvalue weighted by Crippen LogP contribution is -2.46. The van der Waals surface area contributed by atoms with Gasteiger partial charge in [0.05, 0.1) is 24.2 Å². The first-order chi connectivity index (χ1) is 8.76. The van der Waals surface area contributed by atoms with E-state index in [0.717, 1.165) is 42.0 Å². The number of halogens is 2. The molecule has 1 aromatic carbocycles. The number of nitrogens with zero attached hydrogens (tertiary/aromatic N) is 1. The van der Waals surface area contributed by atoms with Crippen molar-refractivity contribution in [3.63, 3.8) is 0 Å². The number of piperazine rings is 1. The summed E-state index contributed by atoms with van der Waals surface area (Å²) in [4.78, 5) is 2.31. The zero-order valence-corrected chi connectivity index (χ0v) is 13.3. The first-order valence-corrected chi connectivity index (χ1v) is 6.94. The number of aliphatic hydroxyl groups is 1. The third-order valence-corrected chi connectivity index (χ3v) is 3.95. The van der Waals surface area contributed by atoms with Gasteiger partial charge in [-0.25, -0.2) is 0 Å². The van der Waals surface area contributed by atoms with E-state index in [1.165, 1.54) is 0 Å². The summed E-state index contributed by atoms with van der Waals surface area (Å²) in [6, 6.07) is 6.05. The number of aliphatic hydroxyl groups excluding tert-OH is 1. The topological polar surface area (TPSA) is 44.7 Å². The molecule has 0 saturated carbocycles. The highest BCUT2D eigenvalue weighted by Crippen LogP contribution is 2.30. The summed E-state index contributed by atoms with van der Waals surface area (Å²) >= 11 is 3.49. The number of rotatable bonds is 4. The van der Waals surface area contributed by atoms with Gasteiger partial charge < -0.3 is 15.2 Å². The second-order valence-electron chi connectivity index (χ2n) is 4.38. The van der Waals surface area contributed by atoms with Crippen LogP contribution >= 0.6 is 28.3 Å². The van der Waals surface area contributed by atoms with Gasteiger partial charge in [0.15, 0.2) is 0 Å². The fraction of sp³-hybridized carbons (Fsp3) is 0.538. The Hall–Kier alpha value is -0.330. The molecule has 1 saturated heterocycles. The Bertz CT molecular complexity index is 400. The molecular weight excluding hydrogens is 332 g/mol. The Morgan fingerprint density at radius 2 is 2.11 bits per heavy atom. The van der Waals surface area contributed by atoms with Crippen molar-refractivity contribution in [1.82, 2.24) is 10.2 Å². The molecule has 4 nitrogen and oxygen atoms in total. The summed E-state index contributed by atoms with van der Waals surface area (Å²) in [5, 5.41) is 13.0. The number of methoxy groups -OCH3 is 1. The lowest BCUT2D eigenvalue weighted by Gasteiger charge is -2.34. The van der Waals surface area contributed by atoms with Gasteiger partial charge in [-0.2, -0.15) is 0 Å². The predicted octanol–water partition coefficient (Wildman–Crippen LogP) is 1.82. The molecule has 2 rings (SSSR count). The minimum Gasteiger partial charge on any atom is -0.496 e. The summed E-state index contributed by atoms with van der Waals surface area (Å²) in [6.07, 6.45) is 0. The van der Waals surface area contributed by atoms with Gasteiger partial charge in [0.2, 0.25) is 0 Å². The fourth-order valence-corrected chi connectivity index (χ4v) is 2.87. The molecule has 0 amide bonds. The van der Waals surface area contributed by atoms with Crippen molar-refractivity contribution in [2.24, 2.45) is 0 Å². The third-order valence-electron chi connectivity index (χ3n) is 3.33. The molecule has 0 radical (unpaired) electrons. The molecule has 1 heterocycles. The van der Waals surface area contributed by atoms with Crippen LogP contribution in [-0.4, -0.2) is 49.9 Å². The van der Waals surface area contributed by atoms with E-state index in [1.807, 2.05) is 18.2 Å². The van der Waals surface area contributed by atoms with Gasteiger partial charge in [-0.15, -0.1) is 12.4 Å². The lowest BCUT2D eigenvalue weighted by molar-refractivity contribution is 0.111. The van der Waals surface area contributed by atoms with Crippen molar-refractivity contribution in [1.29, 1.82) is 0 Å². The van der Waals surface area contributed by atoms with Gasteiger partial charge >= 0.3 is 0 Å². The smallest absolute Gasteiger partial charge is 0.133 e. The highest BCUT2D eigenvalue weighted by atomic mass is 79.9. The molecular formula is C13H20BrClN2O2. The Kier molecular flexibility index (Phi) is 7.10. The molecule has 0 spiro atoms. The maximum absolute atomic E-state index is 9.64. The number of benzene rings is 1. The average Bonchev–Trinajstić information content (AvgIpc) is 2.41. The molecule has 2 N–H and O–H groups in total. The quantitative estimate of drug-likeness (QED) is 0.868. The maximum atomic E-state index is 9.64. The molecule has 6 heteroatoms. The first-order valence-electron chi connectivity index (χ1n) is 6.15. The van der Waals surface area contributed by atoms with Crippen molar-refractivity contribution in [3.8, 4) is 5.75 Å². The SMILES string of the molecule is COc1ccc([C@@H](CO)N2CCNCC2)cc1Br.Cl. The van der Waals surface area contributed by atoms with Crippen LogP contribution < -0.4 is 10.1 Å². The van der Waals surface area contributed by atoms with E-state index in [4.69, 9.17) is 4.74 Å². The summed E-state index contributed by atoms with van der Waals surface area (Å²) in [6.45, 7) is 4.03. The maximum Gasteiger partial charge on any atom is 0.133 e.